The maximum atomic E-state index is 13.7. The first-order valence-electron chi connectivity index (χ1n) is 12.1. The van der Waals surface area contributed by atoms with Crippen LogP contribution in [0.1, 0.15) is 50.3 Å². The number of ether oxygens (including phenoxy) is 1. The number of halogens is 1. The van der Waals surface area contributed by atoms with Gasteiger partial charge in [0.15, 0.2) is 0 Å². The highest BCUT2D eigenvalue weighted by molar-refractivity contribution is 7.92. The van der Waals surface area contributed by atoms with E-state index in [2.05, 4.69) is 19.2 Å². The second kappa shape index (κ2) is 10.5. The van der Waals surface area contributed by atoms with Crippen molar-refractivity contribution in [1.29, 1.82) is 0 Å². The van der Waals surface area contributed by atoms with Crippen LogP contribution in [0.2, 0.25) is 5.02 Å². The lowest BCUT2D eigenvalue weighted by Crippen LogP contribution is -2.47. The molecule has 0 saturated heterocycles. The average molecular weight is 527 g/mol. The molecule has 0 saturated carbocycles. The van der Waals surface area contributed by atoms with E-state index < -0.39 is 21.5 Å². The third-order valence-electron chi connectivity index (χ3n) is 6.80. The van der Waals surface area contributed by atoms with Crippen LogP contribution in [0.3, 0.4) is 0 Å². The van der Waals surface area contributed by atoms with Crippen molar-refractivity contribution in [3.05, 3.63) is 88.9 Å². The van der Waals surface area contributed by atoms with Gasteiger partial charge >= 0.3 is 0 Å². The van der Waals surface area contributed by atoms with Crippen molar-refractivity contribution in [2.45, 2.75) is 56.6 Å². The van der Waals surface area contributed by atoms with Gasteiger partial charge in [0, 0.05) is 17.0 Å². The van der Waals surface area contributed by atoms with Crippen LogP contribution in [0.4, 0.5) is 5.69 Å². The second-order valence-corrected chi connectivity index (χ2v) is 11.5. The van der Waals surface area contributed by atoms with Gasteiger partial charge in [-0.2, -0.15) is 0 Å². The van der Waals surface area contributed by atoms with Gasteiger partial charge in [-0.25, -0.2) is 8.42 Å². The highest BCUT2D eigenvalue weighted by Crippen LogP contribution is 2.42. The van der Waals surface area contributed by atoms with Gasteiger partial charge in [0.1, 0.15) is 17.9 Å². The van der Waals surface area contributed by atoms with E-state index in [0.717, 1.165) is 34.0 Å². The average Bonchev–Trinajstić information content (AvgIpc) is 2.87. The Labute approximate surface area is 218 Å². The van der Waals surface area contributed by atoms with Crippen LogP contribution in [0.25, 0.3) is 0 Å². The number of nitrogens with one attached hydrogen (secondary N) is 1. The van der Waals surface area contributed by atoms with Crippen molar-refractivity contribution in [1.82, 2.24) is 5.32 Å². The molecule has 1 amide bonds. The largest absolute Gasteiger partial charge is 0.487 e. The highest BCUT2D eigenvalue weighted by atomic mass is 35.5. The van der Waals surface area contributed by atoms with Gasteiger partial charge in [0.05, 0.1) is 16.6 Å². The summed E-state index contributed by atoms with van der Waals surface area (Å²) in [5.41, 5.74) is 1.81. The smallest absolute Gasteiger partial charge is 0.264 e. The van der Waals surface area contributed by atoms with Crippen molar-refractivity contribution in [3.8, 4) is 5.75 Å². The van der Waals surface area contributed by atoms with Crippen molar-refractivity contribution in [2.24, 2.45) is 0 Å². The van der Waals surface area contributed by atoms with Crippen LogP contribution >= 0.6 is 11.6 Å². The Morgan fingerprint density at radius 2 is 1.75 bits per heavy atom. The first-order chi connectivity index (χ1) is 17.2. The Hall–Kier alpha value is -3.03. The van der Waals surface area contributed by atoms with E-state index in [1.165, 1.54) is 24.3 Å². The van der Waals surface area contributed by atoms with Crippen LogP contribution < -0.4 is 14.4 Å². The lowest BCUT2D eigenvalue weighted by molar-refractivity contribution is -0.121. The topological polar surface area (TPSA) is 75.7 Å². The van der Waals surface area contributed by atoms with E-state index in [1.54, 1.807) is 18.2 Å². The quantitative estimate of drug-likeness (QED) is 0.388. The summed E-state index contributed by atoms with van der Waals surface area (Å²) in [5, 5.41) is 3.53. The zero-order valence-corrected chi connectivity index (χ0v) is 22.3. The number of amides is 1. The second-order valence-electron chi connectivity index (χ2n) is 9.16. The number of benzene rings is 3. The van der Waals surface area contributed by atoms with Crippen LogP contribution in [-0.2, 0) is 14.8 Å². The van der Waals surface area contributed by atoms with E-state index in [0.29, 0.717) is 17.1 Å². The SMILES string of the molecule is CCC1(CC)CC(NC(=O)CN(c2cccc(C)c2)S(=O)(=O)c2ccc(Cl)cc2)c2ccccc2O1. The Bertz CT molecular complexity index is 1340. The number of carbonyl (C=O) groups excluding carboxylic acids is 1. The number of para-hydroxylation sites is 1. The predicted octanol–water partition coefficient (Wildman–Crippen LogP) is 6.04. The van der Waals surface area contributed by atoms with E-state index >= 15 is 0 Å². The third kappa shape index (κ3) is 5.37. The minimum atomic E-state index is -4.03. The molecular formula is C28H31ClN2O4S. The molecule has 0 bridgehead atoms. The maximum absolute atomic E-state index is 13.7. The van der Waals surface area contributed by atoms with Crippen LogP contribution in [0.15, 0.2) is 77.7 Å². The summed E-state index contributed by atoms with van der Waals surface area (Å²) >= 11 is 5.98. The summed E-state index contributed by atoms with van der Waals surface area (Å²) in [6.45, 7) is 5.67. The summed E-state index contributed by atoms with van der Waals surface area (Å²) in [6, 6.07) is 20.4. The van der Waals surface area contributed by atoms with Crippen LogP contribution in [-0.4, -0.2) is 26.5 Å². The van der Waals surface area contributed by atoms with Crippen LogP contribution in [0, 0.1) is 6.92 Å². The maximum Gasteiger partial charge on any atom is 0.264 e. The highest BCUT2D eigenvalue weighted by Gasteiger charge is 2.39. The number of hydrogen-bond acceptors (Lipinski definition) is 4. The lowest BCUT2D eigenvalue weighted by Gasteiger charge is -2.41. The van der Waals surface area contributed by atoms with E-state index in [9.17, 15) is 13.2 Å². The molecule has 1 N–H and O–H groups in total. The van der Waals surface area contributed by atoms with Gasteiger partial charge in [-0.15, -0.1) is 0 Å². The molecule has 0 aliphatic carbocycles. The number of anilines is 1. The molecule has 1 atom stereocenters. The molecular weight excluding hydrogens is 496 g/mol. The molecule has 0 radical (unpaired) electrons. The van der Waals surface area contributed by atoms with Gasteiger partial charge in [-0.05, 0) is 67.8 Å². The third-order valence-corrected chi connectivity index (χ3v) is 8.84. The molecule has 3 aromatic rings. The zero-order chi connectivity index (χ0) is 25.9. The van der Waals surface area contributed by atoms with Crippen LogP contribution in [0.5, 0.6) is 5.75 Å². The molecule has 1 heterocycles. The number of hydrogen-bond donors (Lipinski definition) is 1. The molecule has 4 rings (SSSR count). The van der Waals surface area contributed by atoms with Gasteiger partial charge in [0.25, 0.3) is 10.0 Å². The first-order valence-corrected chi connectivity index (χ1v) is 13.9. The fourth-order valence-corrected chi connectivity index (χ4v) is 6.17. The van der Waals surface area contributed by atoms with Gasteiger partial charge in [-0.1, -0.05) is 55.8 Å². The number of sulfonamides is 1. The molecule has 1 aliphatic heterocycles. The summed E-state index contributed by atoms with van der Waals surface area (Å²) in [4.78, 5) is 13.5. The fraction of sp³-hybridized carbons (Fsp3) is 0.321. The predicted molar refractivity (Wildman–Crippen MR) is 143 cm³/mol. The van der Waals surface area contributed by atoms with Crippen molar-refractivity contribution < 1.29 is 17.9 Å². The van der Waals surface area contributed by atoms with Crippen molar-refractivity contribution in [3.63, 3.8) is 0 Å². The van der Waals surface area contributed by atoms with Crippen molar-refractivity contribution in [2.75, 3.05) is 10.8 Å². The Kier molecular flexibility index (Phi) is 7.62. The minimum absolute atomic E-state index is 0.0635. The Balaban J connectivity index is 1.65. The molecule has 3 aromatic carbocycles. The molecule has 0 spiro atoms. The van der Waals surface area contributed by atoms with E-state index in [-0.39, 0.29) is 17.5 Å². The van der Waals surface area contributed by atoms with Gasteiger partial charge in [0.2, 0.25) is 5.91 Å². The zero-order valence-electron chi connectivity index (χ0n) is 20.7. The molecule has 36 heavy (non-hydrogen) atoms. The molecule has 1 aliphatic rings. The number of nitrogens with zero attached hydrogens (tertiary/aromatic N) is 1. The number of aryl methyl sites for hydroxylation is 1. The van der Waals surface area contributed by atoms with Gasteiger partial charge < -0.3 is 10.1 Å². The first kappa shape index (κ1) is 26.0. The summed E-state index contributed by atoms with van der Waals surface area (Å²) in [5.74, 6) is 0.360. The summed E-state index contributed by atoms with van der Waals surface area (Å²) in [6.07, 6.45) is 2.20. The molecule has 6 nitrogen and oxygen atoms in total. The van der Waals surface area contributed by atoms with Crippen molar-refractivity contribution >= 4 is 33.2 Å². The Morgan fingerprint density at radius 3 is 2.42 bits per heavy atom. The van der Waals surface area contributed by atoms with Gasteiger partial charge in [-0.3, -0.25) is 9.10 Å². The number of carbonyl (C=O) groups is 1. The summed E-state index contributed by atoms with van der Waals surface area (Å²) in [7, 11) is -4.03. The van der Waals surface area contributed by atoms with E-state index in [4.69, 9.17) is 16.3 Å². The van der Waals surface area contributed by atoms with E-state index in [1.807, 2.05) is 37.3 Å². The fourth-order valence-electron chi connectivity index (χ4n) is 4.63. The normalized spacial score (nSPS) is 16.5. The molecule has 8 heteroatoms. The lowest BCUT2D eigenvalue weighted by atomic mass is 9.83. The molecule has 1 unspecified atom stereocenters. The Morgan fingerprint density at radius 1 is 1.06 bits per heavy atom. The molecule has 0 aromatic heterocycles. The monoisotopic (exact) mass is 526 g/mol. The summed E-state index contributed by atoms with van der Waals surface area (Å²) < 4.78 is 34.8. The molecule has 190 valence electrons. The number of fused-ring (bicyclic) bond motifs is 1. The molecule has 0 fully saturated rings. The number of rotatable bonds is 8. The minimum Gasteiger partial charge on any atom is -0.487 e. The standard InChI is InChI=1S/C28H31ClN2O4S/c1-4-28(5-2)18-25(24-11-6-7-12-26(24)35-28)30-27(32)19-31(22-10-8-9-20(3)17-22)36(33,34)23-15-13-21(29)14-16-23/h6-17,25H,4-5,18-19H2,1-3H3,(H,30,32).